The van der Waals surface area contributed by atoms with Crippen molar-refractivity contribution in [1.29, 1.82) is 0 Å². The van der Waals surface area contributed by atoms with Crippen molar-refractivity contribution in [3.8, 4) is 0 Å². The summed E-state index contributed by atoms with van der Waals surface area (Å²) in [5.74, 6) is 0.800. The molecule has 1 saturated carbocycles. The Morgan fingerprint density at radius 3 is 2.65 bits per heavy atom. The molecule has 17 heavy (non-hydrogen) atoms. The molecule has 2 nitrogen and oxygen atoms in total. The van der Waals surface area contributed by atoms with Crippen LogP contribution in [0.5, 0.6) is 0 Å². The van der Waals surface area contributed by atoms with E-state index in [1.54, 1.807) is 12.1 Å². The van der Waals surface area contributed by atoms with Crippen LogP contribution in [-0.2, 0) is 11.3 Å². The smallest absolute Gasteiger partial charge is 0.132 e. The van der Waals surface area contributed by atoms with Crippen LogP contribution in [0.2, 0.25) is 0 Å². The summed E-state index contributed by atoms with van der Waals surface area (Å²) in [6.07, 6.45) is 3.38. The fourth-order valence-electron chi connectivity index (χ4n) is 2.26. The number of rotatable bonds is 4. The summed E-state index contributed by atoms with van der Waals surface area (Å²) in [7, 11) is 0. The van der Waals surface area contributed by atoms with Gasteiger partial charge in [0.2, 0.25) is 0 Å². The first kappa shape index (κ1) is 12.2. The minimum Gasteiger partial charge on any atom is -0.312 e. The van der Waals surface area contributed by atoms with Crippen molar-refractivity contribution in [3.63, 3.8) is 0 Å². The number of hydrogen-bond donors (Lipinski definition) is 1. The van der Waals surface area contributed by atoms with Gasteiger partial charge in [-0.05, 0) is 31.4 Å². The van der Waals surface area contributed by atoms with E-state index in [1.807, 2.05) is 6.07 Å². The molecule has 0 atom stereocenters. The fraction of sp³-hybridized carbons (Fsp3) is 0.500. The van der Waals surface area contributed by atoms with Gasteiger partial charge in [-0.15, -0.1) is 0 Å². The molecule has 2 rings (SSSR count). The summed E-state index contributed by atoms with van der Waals surface area (Å²) in [5.41, 5.74) is 0.708. The van der Waals surface area contributed by atoms with Gasteiger partial charge in [0.15, 0.2) is 0 Å². The van der Waals surface area contributed by atoms with Crippen LogP contribution >= 0.6 is 0 Å². The average molecular weight is 235 g/mol. The molecule has 0 unspecified atom stereocenters. The Morgan fingerprint density at radius 2 is 1.94 bits per heavy atom. The maximum atomic E-state index is 13.3. The van der Waals surface area contributed by atoms with Crippen molar-refractivity contribution in [2.45, 2.75) is 32.2 Å². The molecular weight excluding hydrogens is 217 g/mol. The molecule has 0 bridgehead atoms. The lowest BCUT2D eigenvalue weighted by atomic mass is 9.88. The zero-order valence-corrected chi connectivity index (χ0v) is 9.92. The van der Waals surface area contributed by atoms with Crippen LogP contribution in [-0.4, -0.2) is 12.3 Å². The number of hydrogen-bond acceptors (Lipinski definition) is 2. The standard InChI is InChI=1S/C14H18FNO/c15-14-4-2-1-3-12(14)10-16-9-11-5-7-13(17)8-6-11/h1-4,11,16H,5-10H2. The molecule has 0 spiro atoms. The van der Waals surface area contributed by atoms with E-state index in [2.05, 4.69) is 5.32 Å². The molecule has 1 aliphatic carbocycles. The Labute approximate surface area is 101 Å². The number of ketones is 1. The highest BCUT2D eigenvalue weighted by atomic mass is 19.1. The SMILES string of the molecule is O=C1CCC(CNCc2ccccc2F)CC1. The van der Waals surface area contributed by atoms with E-state index < -0.39 is 0 Å². The Balaban J connectivity index is 1.73. The van der Waals surface area contributed by atoms with Crippen LogP contribution < -0.4 is 5.32 Å². The van der Waals surface area contributed by atoms with Crippen molar-refractivity contribution in [2.24, 2.45) is 5.92 Å². The zero-order chi connectivity index (χ0) is 12.1. The van der Waals surface area contributed by atoms with E-state index in [-0.39, 0.29) is 5.82 Å². The second kappa shape index (κ2) is 5.92. The number of carbonyl (C=O) groups excluding carboxylic acids is 1. The van der Waals surface area contributed by atoms with Gasteiger partial charge in [-0.3, -0.25) is 4.79 Å². The topological polar surface area (TPSA) is 29.1 Å². The summed E-state index contributed by atoms with van der Waals surface area (Å²) in [6.45, 7) is 1.44. The molecule has 0 radical (unpaired) electrons. The van der Waals surface area contributed by atoms with Crippen LogP contribution in [0.25, 0.3) is 0 Å². The zero-order valence-electron chi connectivity index (χ0n) is 9.92. The van der Waals surface area contributed by atoms with Crippen LogP contribution in [0, 0.1) is 11.7 Å². The molecule has 92 valence electrons. The highest BCUT2D eigenvalue weighted by Crippen LogP contribution is 2.20. The van der Waals surface area contributed by atoms with E-state index in [0.717, 1.165) is 19.4 Å². The van der Waals surface area contributed by atoms with Crippen LogP contribution in [0.15, 0.2) is 24.3 Å². The quantitative estimate of drug-likeness (QED) is 0.869. The number of halogens is 1. The van der Waals surface area contributed by atoms with Crippen molar-refractivity contribution < 1.29 is 9.18 Å². The Bertz CT molecular complexity index is 382. The second-order valence-corrected chi connectivity index (χ2v) is 4.70. The predicted octanol–water partition coefficient (Wildman–Crippen LogP) is 2.67. The minimum absolute atomic E-state index is 0.154. The summed E-state index contributed by atoms with van der Waals surface area (Å²) in [6, 6.07) is 6.83. The second-order valence-electron chi connectivity index (χ2n) is 4.70. The monoisotopic (exact) mass is 235 g/mol. The lowest BCUT2D eigenvalue weighted by Crippen LogP contribution is -2.26. The van der Waals surface area contributed by atoms with Gasteiger partial charge in [-0.1, -0.05) is 18.2 Å². The van der Waals surface area contributed by atoms with Crippen LogP contribution in [0.4, 0.5) is 4.39 Å². The number of nitrogens with one attached hydrogen (secondary N) is 1. The molecule has 1 aliphatic rings. The van der Waals surface area contributed by atoms with Gasteiger partial charge in [0.05, 0.1) is 0 Å². The van der Waals surface area contributed by atoms with E-state index in [0.29, 0.717) is 36.7 Å². The number of carbonyl (C=O) groups is 1. The van der Waals surface area contributed by atoms with E-state index in [1.165, 1.54) is 6.07 Å². The summed E-state index contributed by atoms with van der Waals surface area (Å²) >= 11 is 0. The maximum absolute atomic E-state index is 13.3. The number of benzene rings is 1. The summed E-state index contributed by atoms with van der Waals surface area (Å²) in [4.78, 5) is 11.1. The van der Waals surface area contributed by atoms with Gasteiger partial charge in [0.1, 0.15) is 11.6 Å². The van der Waals surface area contributed by atoms with Crippen molar-refractivity contribution in [2.75, 3.05) is 6.54 Å². The highest BCUT2D eigenvalue weighted by Gasteiger charge is 2.18. The third-order valence-electron chi connectivity index (χ3n) is 3.37. The van der Waals surface area contributed by atoms with Gasteiger partial charge in [0.25, 0.3) is 0 Å². The van der Waals surface area contributed by atoms with Gasteiger partial charge in [-0.2, -0.15) is 0 Å². The van der Waals surface area contributed by atoms with Crippen molar-refractivity contribution >= 4 is 5.78 Å². The third-order valence-corrected chi connectivity index (χ3v) is 3.37. The Kier molecular flexibility index (Phi) is 4.26. The molecule has 0 saturated heterocycles. The van der Waals surface area contributed by atoms with Crippen molar-refractivity contribution in [1.82, 2.24) is 5.32 Å². The van der Waals surface area contributed by atoms with Crippen LogP contribution in [0.1, 0.15) is 31.2 Å². The molecule has 0 aliphatic heterocycles. The first-order valence-corrected chi connectivity index (χ1v) is 6.21. The first-order chi connectivity index (χ1) is 8.25. The molecule has 1 fully saturated rings. The molecule has 3 heteroatoms. The molecule has 1 N–H and O–H groups in total. The average Bonchev–Trinajstić information content (AvgIpc) is 2.34. The lowest BCUT2D eigenvalue weighted by Gasteiger charge is -2.21. The highest BCUT2D eigenvalue weighted by molar-refractivity contribution is 5.79. The first-order valence-electron chi connectivity index (χ1n) is 6.21. The normalized spacial score (nSPS) is 17.4. The Hall–Kier alpha value is -1.22. The fourth-order valence-corrected chi connectivity index (χ4v) is 2.26. The molecule has 0 heterocycles. The third kappa shape index (κ3) is 3.63. The van der Waals surface area contributed by atoms with Crippen molar-refractivity contribution in [3.05, 3.63) is 35.6 Å². The summed E-state index contributed by atoms with van der Waals surface area (Å²) < 4.78 is 13.3. The minimum atomic E-state index is -0.154. The molecular formula is C14H18FNO. The predicted molar refractivity (Wildman–Crippen MR) is 65.1 cm³/mol. The van der Waals surface area contributed by atoms with Gasteiger partial charge in [0, 0.05) is 24.9 Å². The van der Waals surface area contributed by atoms with Gasteiger partial charge < -0.3 is 5.32 Å². The van der Waals surface area contributed by atoms with Gasteiger partial charge in [-0.25, -0.2) is 4.39 Å². The molecule has 1 aromatic carbocycles. The lowest BCUT2D eigenvalue weighted by molar-refractivity contribution is -0.120. The van der Waals surface area contributed by atoms with E-state index >= 15 is 0 Å². The molecule has 0 amide bonds. The summed E-state index contributed by atoms with van der Waals surface area (Å²) in [5, 5.41) is 3.28. The maximum Gasteiger partial charge on any atom is 0.132 e. The van der Waals surface area contributed by atoms with Crippen LogP contribution in [0.3, 0.4) is 0 Å². The molecule has 1 aromatic rings. The van der Waals surface area contributed by atoms with E-state index in [4.69, 9.17) is 0 Å². The van der Waals surface area contributed by atoms with Gasteiger partial charge >= 0.3 is 0 Å². The Morgan fingerprint density at radius 1 is 1.24 bits per heavy atom. The molecule has 0 aromatic heterocycles. The largest absolute Gasteiger partial charge is 0.312 e. The number of Topliss-reactive ketones (excluding diaryl/α,β-unsaturated/α-hetero) is 1. The van der Waals surface area contributed by atoms with E-state index in [9.17, 15) is 9.18 Å².